The van der Waals surface area contributed by atoms with E-state index in [4.69, 9.17) is 0 Å². The Bertz CT molecular complexity index is 326. The van der Waals surface area contributed by atoms with Crippen molar-refractivity contribution in [2.75, 3.05) is 6.61 Å². The van der Waals surface area contributed by atoms with Gasteiger partial charge in [0.15, 0.2) is 0 Å². The molecule has 2 N–H and O–H groups in total. The van der Waals surface area contributed by atoms with Gasteiger partial charge in [-0.3, -0.25) is 0 Å². The lowest BCUT2D eigenvalue weighted by Gasteiger charge is -2.17. The second-order valence-electron chi connectivity index (χ2n) is 4.96. The van der Waals surface area contributed by atoms with Crippen molar-refractivity contribution in [3.8, 4) is 0 Å². The fourth-order valence-corrected chi connectivity index (χ4v) is 2.69. The highest BCUT2D eigenvalue weighted by atomic mass is 16.3. The van der Waals surface area contributed by atoms with Gasteiger partial charge in [-0.1, -0.05) is 30.3 Å². The first-order valence-corrected chi connectivity index (χ1v) is 5.44. The topological polar surface area (TPSA) is 40.5 Å². The standard InChI is InChI=1S/C13H18O2/c1-13(2,15)12-10(8-14)11(12)9-6-4-3-5-7-9/h3-7,10-12,14-15H,8H2,1-2H3/t10-,11+,12-/m0/s1. The van der Waals surface area contributed by atoms with E-state index in [-0.39, 0.29) is 18.4 Å². The molecule has 15 heavy (non-hydrogen) atoms. The first kappa shape index (κ1) is 10.7. The average Bonchev–Trinajstić information content (AvgIpc) is 2.92. The van der Waals surface area contributed by atoms with Crippen molar-refractivity contribution < 1.29 is 10.2 Å². The minimum Gasteiger partial charge on any atom is -0.396 e. The van der Waals surface area contributed by atoms with E-state index in [1.807, 2.05) is 32.0 Å². The van der Waals surface area contributed by atoms with Gasteiger partial charge in [-0.15, -0.1) is 0 Å². The molecule has 1 aliphatic carbocycles. The molecule has 3 atom stereocenters. The highest BCUT2D eigenvalue weighted by molar-refractivity contribution is 5.30. The molecule has 0 aliphatic heterocycles. The molecule has 0 heterocycles. The van der Waals surface area contributed by atoms with Gasteiger partial charge in [-0.25, -0.2) is 0 Å². The highest BCUT2D eigenvalue weighted by Crippen LogP contribution is 2.58. The maximum Gasteiger partial charge on any atom is 0.0629 e. The normalized spacial score (nSPS) is 30.3. The molecular formula is C13H18O2. The molecule has 2 heteroatoms. The Hall–Kier alpha value is -0.860. The largest absolute Gasteiger partial charge is 0.396 e. The number of aliphatic hydroxyl groups is 2. The van der Waals surface area contributed by atoms with Crippen LogP contribution in [0.25, 0.3) is 0 Å². The lowest BCUT2D eigenvalue weighted by atomic mass is 9.98. The van der Waals surface area contributed by atoms with Crippen LogP contribution in [0.15, 0.2) is 30.3 Å². The Kier molecular flexibility index (Phi) is 2.57. The smallest absolute Gasteiger partial charge is 0.0629 e. The van der Waals surface area contributed by atoms with Crippen LogP contribution in [-0.2, 0) is 0 Å². The molecule has 2 nitrogen and oxygen atoms in total. The summed E-state index contributed by atoms with van der Waals surface area (Å²) in [5, 5.41) is 19.2. The van der Waals surface area contributed by atoms with Crippen LogP contribution < -0.4 is 0 Å². The van der Waals surface area contributed by atoms with E-state index in [1.165, 1.54) is 5.56 Å². The van der Waals surface area contributed by atoms with Crippen molar-refractivity contribution in [1.29, 1.82) is 0 Å². The van der Waals surface area contributed by atoms with E-state index in [2.05, 4.69) is 12.1 Å². The first-order valence-electron chi connectivity index (χ1n) is 5.44. The van der Waals surface area contributed by atoms with Crippen LogP contribution >= 0.6 is 0 Å². The molecule has 0 bridgehead atoms. The second-order valence-corrected chi connectivity index (χ2v) is 4.96. The van der Waals surface area contributed by atoms with Gasteiger partial charge in [0.1, 0.15) is 0 Å². The fraction of sp³-hybridized carbons (Fsp3) is 0.538. The van der Waals surface area contributed by atoms with Crippen LogP contribution in [0, 0.1) is 11.8 Å². The van der Waals surface area contributed by atoms with Gasteiger partial charge in [0, 0.05) is 6.61 Å². The van der Waals surface area contributed by atoms with E-state index in [0.717, 1.165) is 0 Å². The van der Waals surface area contributed by atoms with Crippen molar-refractivity contribution >= 4 is 0 Å². The average molecular weight is 206 g/mol. The zero-order valence-electron chi connectivity index (χ0n) is 9.22. The summed E-state index contributed by atoms with van der Waals surface area (Å²) in [5.74, 6) is 0.716. The van der Waals surface area contributed by atoms with Gasteiger partial charge in [-0.05, 0) is 37.2 Å². The van der Waals surface area contributed by atoms with Crippen LogP contribution in [0.1, 0.15) is 25.3 Å². The number of benzene rings is 1. The molecule has 0 saturated heterocycles. The summed E-state index contributed by atoms with van der Waals surface area (Å²) in [6.45, 7) is 3.81. The third-order valence-electron chi connectivity index (χ3n) is 3.38. The summed E-state index contributed by atoms with van der Waals surface area (Å²) in [5.41, 5.74) is 0.525. The quantitative estimate of drug-likeness (QED) is 0.791. The van der Waals surface area contributed by atoms with Gasteiger partial charge in [0.25, 0.3) is 0 Å². The van der Waals surface area contributed by atoms with Crippen LogP contribution in [0.2, 0.25) is 0 Å². The lowest BCUT2D eigenvalue weighted by Crippen LogP contribution is -2.23. The SMILES string of the molecule is CC(C)(O)[C@H]1[C@@H](CO)[C@H]1c1ccccc1. The summed E-state index contributed by atoms with van der Waals surface area (Å²) in [6, 6.07) is 10.1. The third-order valence-corrected chi connectivity index (χ3v) is 3.38. The van der Waals surface area contributed by atoms with Crippen molar-refractivity contribution in [2.45, 2.75) is 25.4 Å². The van der Waals surface area contributed by atoms with Crippen molar-refractivity contribution in [3.63, 3.8) is 0 Å². The summed E-state index contributed by atoms with van der Waals surface area (Å²) in [7, 11) is 0. The molecule has 0 aromatic heterocycles. The summed E-state index contributed by atoms with van der Waals surface area (Å²) < 4.78 is 0. The minimum atomic E-state index is -0.700. The van der Waals surface area contributed by atoms with E-state index in [1.54, 1.807) is 0 Å². The second kappa shape index (κ2) is 3.62. The summed E-state index contributed by atoms with van der Waals surface area (Å²) in [6.07, 6.45) is 0. The van der Waals surface area contributed by atoms with E-state index >= 15 is 0 Å². The molecule has 0 unspecified atom stereocenters. The molecule has 1 saturated carbocycles. The van der Waals surface area contributed by atoms with Crippen LogP contribution in [0.5, 0.6) is 0 Å². The van der Waals surface area contributed by atoms with Crippen molar-refractivity contribution in [1.82, 2.24) is 0 Å². The molecular weight excluding hydrogens is 188 g/mol. The maximum atomic E-state index is 9.98. The summed E-state index contributed by atoms with van der Waals surface area (Å²) >= 11 is 0. The van der Waals surface area contributed by atoms with Gasteiger partial charge in [-0.2, -0.15) is 0 Å². The van der Waals surface area contributed by atoms with E-state index in [9.17, 15) is 10.2 Å². The highest BCUT2D eigenvalue weighted by Gasteiger charge is 2.57. The zero-order chi connectivity index (χ0) is 11.1. The zero-order valence-corrected chi connectivity index (χ0v) is 9.22. The van der Waals surface area contributed by atoms with Crippen molar-refractivity contribution in [2.24, 2.45) is 11.8 Å². The molecule has 1 aromatic carbocycles. The summed E-state index contributed by atoms with van der Waals surface area (Å²) in [4.78, 5) is 0. The van der Waals surface area contributed by atoms with Crippen LogP contribution in [-0.4, -0.2) is 22.4 Å². The Morgan fingerprint density at radius 3 is 2.20 bits per heavy atom. The van der Waals surface area contributed by atoms with Crippen LogP contribution in [0.4, 0.5) is 0 Å². The molecule has 82 valence electrons. The van der Waals surface area contributed by atoms with E-state index < -0.39 is 5.60 Å². The monoisotopic (exact) mass is 206 g/mol. The molecule has 2 rings (SSSR count). The van der Waals surface area contributed by atoms with E-state index in [0.29, 0.717) is 5.92 Å². The minimum absolute atomic E-state index is 0.161. The Morgan fingerprint density at radius 2 is 1.80 bits per heavy atom. The molecule has 1 fully saturated rings. The van der Waals surface area contributed by atoms with Crippen LogP contribution in [0.3, 0.4) is 0 Å². The molecule has 1 aliphatic rings. The Balaban J connectivity index is 2.19. The predicted molar refractivity (Wildman–Crippen MR) is 59.5 cm³/mol. The Morgan fingerprint density at radius 1 is 1.20 bits per heavy atom. The molecule has 0 radical (unpaired) electrons. The number of aliphatic hydroxyl groups excluding tert-OH is 1. The number of hydrogen-bond acceptors (Lipinski definition) is 2. The molecule has 0 amide bonds. The molecule has 0 spiro atoms. The third kappa shape index (κ3) is 1.92. The number of rotatable bonds is 3. The maximum absolute atomic E-state index is 9.98. The lowest BCUT2D eigenvalue weighted by molar-refractivity contribution is 0.0454. The first-order chi connectivity index (χ1) is 7.05. The molecule has 1 aromatic rings. The van der Waals surface area contributed by atoms with Gasteiger partial charge < -0.3 is 10.2 Å². The fourth-order valence-electron chi connectivity index (χ4n) is 2.69. The van der Waals surface area contributed by atoms with Gasteiger partial charge in [0.05, 0.1) is 5.60 Å². The van der Waals surface area contributed by atoms with Crippen molar-refractivity contribution in [3.05, 3.63) is 35.9 Å². The predicted octanol–water partition coefficient (Wildman–Crippen LogP) is 1.78. The van der Waals surface area contributed by atoms with Gasteiger partial charge in [0.2, 0.25) is 0 Å². The number of hydrogen-bond donors (Lipinski definition) is 2. The van der Waals surface area contributed by atoms with Gasteiger partial charge >= 0.3 is 0 Å². The Labute approximate surface area is 90.6 Å².